The SMILES string of the molecule is CCc1cnc(CSc2cnc(NC(=O)N(C)c3ccc(Cl)cc3)s2)o1. The molecule has 3 rings (SSSR count). The lowest BCUT2D eigenvalue weighted by Gasteiger charge is -2.17. The van der Waals surface area contributed by atoms with E-state index in [4.69, 9.17) is 16.0 Å². The molecule has 1 aromatic carbocycles. The number of thiazole rings is 1. The quantitative estimate of drug-likeness (QED) is 0.560. The molecule has 0 saturated carbocycles. The molecule has 0 radical (unpaired) electrons. The molecule has 0 bridgehead atoms. The number of nitrogens with zero attached hydrogens (tertiary/aromatic N) is 3. The van der Waals surface area contributed by atoms with Crippen LogP contribution in [0.25, 0.3) is 0 Å². The van der Waals surface area contributed by atoms with E-state index in [1.165, 1.54) is 16.2 Å². The molecule has 2 amide bonds. The zero-order chi connectivity index (χ0) is 18.5. The molecule has 26 heavy (non-hydrogen) atoms. The van der Waals surface area contributed by atoms with Crippen molar-refractivity contribution in [1.29, 1.82) is 0 Å². The molecule has 9 heteroatoms. The molecule has 0 aliphatic heterocycles. The number of nitrogens with one attached hydrogen (secondary N) is 1. The highest BCUT2D eigenvalue weighted by Crippen LogP contribution is 2.31. The minimum absolute atomic E-state index is 0.265. The highest BCUT2D eigenvalue weighted by molar-refractivity contribution is 8.00. The van der Waals surface area contributed by atoms with Crippen LogP contribution in [0.15, 0.2) is 45.3 Å². The van der Waals surface area contributed by atoms with Crippen molar-refractivity contribution in [3.05, 3.63) is 53.3 Å². The summed E-state index contributed by atoms with van der Waals surface area (Å²) in [7, 11) is 1.69. The van der Waals surface area contributed by atoms with Crippen LogP contribution in [0.5, 0.6) is 0 Å². The number of aromatic nitrogens is 2. The van der Waals surface area contributed by atoms with Gasteiger partial charge in [0.15, 0.2) is 5.13 Å². The lowest BCUT2D eigenvalue weighted by atomic mass is 10.3. The van der Waals surface area contributed by atoms with Gasteiger partial charge in [-0.1, -0.05) is 29.9 Å². The Labute approximate surface area is 164 Å². The van der Waals surface area contributed by atoms with E-state index in [9.17, 15) is 4.79 Å². The Hall–Kier alpha value is -2.03. The Morgan fingerprint density at radius 2 is 2.08 bits per heavy atom. The monoisotopic (exact) mass is 408 g/mol. The van der Waals surface area contributed by atoms with Crippen molar-refractivity contribution in [3.63, 3.8) is 0 Å². The fourth-order valence-corrected chi connectivity index (χ4v) is 3.89. The van der Waals surface area contributed by atoms with Gasteiger partial charge in [-0.15, -0.1) is 11.8 Å². The standard InChI is InChI=1S/C17H17ClN4O2S2/c1-3-13-8-19-14(24-13)10-25-15-9-20-16(26-15)21-17(23)22(2)12-6-4-11(18)5-7-12/h4-9H,3,10H2,1-2H3,(H,20,21,23). The van der Waals surface area contributed by atoms with Crippen LogP contribution >= 0.6 is 34.7 Å². The van der Waals surface area contributed by atoms with E-state index in [0.717, 1.165) is 22.1 Å². The van der Waals surface area contributed by atoms with Crippen LogP contribution in [0.3, 0.4) is 0 Å². The molecule has 3 aromatic rings. The van der Waals surface area contributed by atoms with Crippen LogP contribution in [-0.2, 0) is 12.2 Å². The molecule has 1 N–H and O–H groups in total. The number of hydrogen-bond acceptors (Lipinski definition) is 6. The zero-order valence-electron chi connectivity index (χ0n) is 14.2. The number of benzene rings is 1. The van der Waals surface area contributed by atoms with E-state index >= 15 is 0 Å². The van der Waals surface area contributed by atoms with Crippen LogP contribution < -0.4 is 10.2 Å². The Balaban J connectivity index is 1.55. The average Bonchev–Trinajstić information content (AvgIpc) is 3.29. The van der Waals surface area contributed by atoms with Crippen LogP contribution in [0.2, 0.25) is 5.02 Å². The largest absolute Gasteiger partial charge is 0.445 e. The Kier molecular flexibility index (Phi) is 6.18. The number of urea groups is 1. The second-order valence-corrected chi connectivity index (χ2v) is 8.06. The molecule has 0 spiro atoms. The van der Waals surface area contributed by atoms with Gasteiger partial charge in [0.1, 0.15) is 5.76 Å². The number of rotatable bonds is 6. The molecule has 0 unspecified atom stereocenters. The summed E-state index contributed by atoms with van der Waals surface area (Å²) in [6.45, 7) is 2.02. The first kappa shape index (κ1) is 18.8. The number of thioether (sulfide) groups is 1. The number of aryl methyl sites for hydroxylation is 1. The van der Waals surface area contributed by atoms with Gasteiger partial charge in [0.05, 0.1) is 22.4 Å². The van der Waals surface area contributed by atoms with E-state index in [2.05, 4.69) is 15.3 Å². The molecule has 2 heterocycles. The van der Waals surface area contributed by atoms with Crippen LogP contribution in [0, 0.1) is 0 Å². The van der Waals surface area contributed by atoms with Gasteiger partial charge in [-0.2, -0.15) is 0 Å². The third-order valence-electron chi connectivity index (χ3n) is 3.50. The zero-order valence-corrected chi connectivity index (χ0v) is 16.6. The van der Waals surface area contributed by atoms with Crippen molar-refractivity contribution < 1.29 is 9.21 Å². The molecule has 0 fully saturated rings. The maximum Gasteiger partial charge on any atom is 0.327 e. The smallest absolute Gasteiger partial charge is 0.327 e. The van der Waals surface area contributed by atoms with E-state index in [-0.39, 0.29) is 6.03 Å². The fraction of sp³-hybridized carbons (Fsp3) is 0.235. The number of carbonyl (C=O) groups excluding carboxylic acids is 1. The molecule has 0 aliphatic carbocycles. The average molecular weight is 409 g/mol. The van der Waals surface area contributed by atoms with Gasteiger partial charge in [-0.25, -0.2) is 14.8 Å². The van der Waals surface area contributed by atoms with Crippen molar-refractivity contribution in [2.75, 3.05) is 17.3 Å². The number of hydrogen-bond donors (Lipinski definition) is 1. The molecule has 0 atom stereocenters. The van der Waals surface area contributed by atoms with Crippen molar-refractivity contribution >= 4 is 51.5 Å². The summed E-state index contributed by atoms with van der Waals surface area (Å²) in [5.74, 6) is 2.19. The number of anilines is 2. The first-order valence-electron chi connectivity index (χ1n) is 7.87. The summed E-state index contributed by atoms with van der Waals surface area (Å²) < 4.78 is 6.56. The molecule has 136 valence electrons. The molecule has 0 aliphatic rings. The van der Waals surface area contributed by atoms with Gasteiger partial charge in [-0.05, 0) is 24.3 Å². The number of amides is 2. The number of halogens is 1. The van der Waals surface area contributed by atoms with Gasteiger partial charge in [0.25, 0.3) is 0 Å². The lowest BCUT2D eigenvalue weighted by Crippen LogP contribution is -2.30. The van der Waals surface area contributed by atoms with Gasteiger partial charge in [0, 0.05) is 24.2 Å². The predicted octanol–water partition coefficient (Wildman–Crippen LogP) is 5.31. The second-order valence-electron chi connectivity index (χ2n) is 5.31. The van der Waals surface area contributed by atoms with Crippen molar-refractivity contribution in [3.8, 4) is 0 Å². The normalized spacial score (nSPS) is 10.7. The Morgan fingerprint density at radius 3 is 2.77 bits per heavy atom. The van der Waals surface area contributed by atoms with Crippen LogP contribution in [0.4, 0.5) is 15.6 Å². The Bertz CT molecular complexity index is 879. The van der Waals surface area contributed by atoms with Gasteiger partial charge in [0.2, 0.25) is 5.89 Å². The summed E-state index contributed by atoms with van der Waals surface area (Å²) in [6, 6.07) is 6.79. The van der Waals surface area contributed by atoms with E-state index in [1.807, 2.05) is 6.92 Å². The van der Waals surface area contributed by atoms with Crippen molar-refractivity contribution in [2.24, 2.45) is 0 Å². The first-order chi connectivity index (χ1) is 12.5. The van der Waals surface area contributed by atoms with Gasteiger partial charge >= 0.3 is 6.03 Å². The van der Waals surface area contributed by atoms with E-state index in [1.54, 1.807) is 55.5 Å². The lowest BCUT2D eigenvalue weighted by molar-refractivity contribution is 0.258. The Morgan fingerprint density at radius 1 is 1.31 bits per heavy atom. The third kappa shape index (κ3) is 4.78. The summed E-state index contributed by atoms with van der Waals surface area (Å²) in [6.07, 6.45) is 4.31. The highest BCUT2D eigenvalue weighted by Gasteiger charge is 2.13. The van der Waals surface area contributed by atoms with Crippen LogP contribution in [-0.4, -0.2) is 23.0 Å². The summed E-state index contributed by atoms with van der Waals surface area (Å²) in [5, 5.41) is 3.96. The van der Waals surface area contributed by atoms with Crippen molar-refractivity contribution in [1.82, 2.24) is 9.97 Å². The molecular formula is C17H17ClN4O2S2. The number of oxazole rings is 1. The third-order valence-corrected chi connectivity index (χ3v) is 5.85. The molecule has 2 aromatic heterocycles. The summed E-state index contributed by atoms with van der Waals surface area (Å²) in [4.78, 5) is 22.3. The van der Waals surface area contributed by atoms with Crippen molar-refractivity contribution in [2.45, 2.75) is 23.3 Å². The maximum atomic E-state index is 12.3. The van der Waals surface area contributed by atoms with Crippen LogP contribution in [0.1, 0.15) is 18.6 Å². The highest BCUT2D eigenvalue weighted by atomic mass is 35.5. The van der Waals surface area contributed by atoms with E-state index < -0.39 is 0 Å². The first-order valence-corrected chi connectivity index (χ1v) is 10.1. The van der Waals surface area contributed by atoms with E-state index in [0.29, 0.717) is 21.8 Å². The summed E-state index contributed by atoms with van der Waals surface area (Å²) >= 11 is 8.85. The maximum absolute atomic E-state index is 12.3. The summed E-state index contributed by atoms with van der Waals surface area (Å²) in [5.41, 5.74) is 0.744. The minimum Gasteiger partial charge on any atom is -0.445 e. The minimum atomic E-state index is -0.265. The molecule has 6 nitrogen and oxygen atoms in total. The predicted molar refractivity (Wildman–Crippen MR) is 106 cm³/mol. The second kappa shape index (κ2) is 8.57. The van der Waals surface area contributed by atoms with Gasteiger partial charge in [-0.3, -0.25) is 10.2 Å². The molecule has 0 saturated heterocycles. The fourth-order valence-electron chi connectivity index (χ4n) is 2.05. The molecular weight excluding hydrogens is 392 g/mol. The topological polar surface area (TPSA) is 71.3 Å². The number of carbonyl (C=O) groups is 1. The van der Waals surface area contributed by atoms with Gasteiger partial charge < -0.3 is 4.42 Å².